The van der Waals surface area contributed by atoms with Crippen LogP contribution in [-0.4, -0.2) is 48.7 Å². The van der Waals surface area contributed by atoms with Crippen LogP contribution in [-0.2, 0) is 19.1 Å². The molecule has 13 heteroatoms. The Bertz CT molecular complexity index is 522. The molecule has 0 aliphatic heterocycles. The Labute approximate surface area is 149 Å². The Kier molecular flexibility index (Phi) is 8.41. The quantitative estimate of drug-likeness (QED) is 0.144. The van der Waals surface area contributed by atoms with Crippen LogP contribution in [0.2, 0.25) is 0 Å². The maximum atomic E-state index is 13.2. The predicted molar refractivity (Wildman–Crippen MR) is 77.8 cm³/mol. The Hall–Kier alpha value is -1.50. The number of nitrogens with one attached hydrogen (secondary N) is 1. The summed E-state index contributed by atoms with van der Waals surface area (Å²) in [6.07, 6.45) is -7.81. The van der Waals surface area contributed by atoms with E-state index in [1.165, 1.54) is 0 Å². The van der Waals surface area contributed by atoms with Gasteiger partial charge in [0.05, 0.1) is 6.61 Å². The maximum Gasteiger partial charge on any atom is 0.466 e. The zero-order valence-corrected chi connectivity index (χ0v) is 14.2. The SMILES string of the molecule is C=CC(=O)OC(OCCCCC(F)(F)C(F)(F)S)(C(=O)NC)C(F)(F)F. The van der Waals surface area contributed by atoms with Gasteiger partial charge in [0.1, 0.15) is 0 Å². The summed E-state index contributed by atoms with van der Waals surface area (Å²) in [5.74, 6) is -12.0. The van der Waals surface area contributed by atoms with Crippen LogP contribution in [0.15, 0.2) is 12.7 Å². The molecule has 0 aromatic rings. The first-order valence-corrected chi connectivity index (χ1v) is 7.35. The second kappa shape index (κ2) is 8.93. The molecular formula is C13H16F7NO4S. The minimum Gasteiger partial charge on any atom is -0.412 e. The van der Waals surface area contributed by atoms with Crippen LogP contribution in [0.4, 0.5) is 30.7 Å². The van der Waals surface area contributed by atoms with Crippen molar-refractivity contribution in [2.75, 3.05) is 13.7 Å². The summed E-state index contributed by atoms with van der Waals surface area (Å²) in [6.45, 7) is 1.89. The van der Waals surface area contributed by atoms with Gasteiger partial charge in [0, 0.05) is 19.5 Å². The average Bonchev–Trinajstić information content (AvgIpc) is 2.49. The molecule has 1 atom stereocenters. The predicted octanol–water partition coefficient (Wildman–Crippen LogP) is 3.07. The van der Waals surface area contributed by atoms with E-state index in [0.717, 1.165) is 7.05 Å². The van der Waals surface area contributed by atoms with Gasteiger partial charge in [0.2, 0.25) is 0 Å². The molecule has 0 saturated carbocycles. The van der Waals surface area contributed by atoms with Crippen molar-refractivity contribution < 1.29 is 49.8 Å². The number of halogens is 7. The minimum atomic E-state index is -5.52. The lowest BCUT2D eigenvalue weighted by Crippen LogP contribution is -2.61. The highest BCUT2D eigenvalue weighted by atomic mass is 32.1. The lowest BCUT2D eigenvalue weighted by molar-refractivity contribution is -0.346. The molecule has 0 aromatic carbocycles. The van der Waals surface area contributed by atoms with Crippen LogP contribution in [0.1, 0.15) is 19.3 Å². The number of rotatable bonds is 10. The minimum absolute atomic E-state index is 0.349. The summed E-state index contributed by atoms with van der Waals surface area (Å²) in [7, 11) is 0.809. The summed E-state index contributed by atoms with van der Waals surface area (Å²) < 4.78 is 99.0. The summed E-state index contributed by atoms with van der Waals surface area (Å²) >= 11 is 2.45. The topological polar surface area (TPSA) is 64.6 Å². The zero-order valence-electron chi connectivity index (χ0n) is 13.3. The fraction of sp³-hybridized carbons (Fsp3) is 0.692. The van der Waals surface area contributed by atoms with Crippen LogP contribution in [0, 0.1) is 0 Å². The molecule has 26 heavy (non-hydrogen) atoms. The van der Waals surface area contributed by atoms with Crippen molar-refractivity contribution in [1.82, 2.24) is 5.32 Å². The van der Waals surface area contributed by atoms with Crippen molar-refractivity contribution in [3.8, 4) is 0 Å². The van der Waals surface area contributed by atoms with Crippen LogP contribution in [0.3, 0.4) is 0 Å². The number of hydrogen-bond acceptors (Lipinski definition) is 5. The molecule has 0 aliphatic carbocycles. The number of amides is 1. The van der Waals surface area contributed by atoms with Gasteiger partial charge in [-0.3, -0.25) is 4.79 Å². The molecule has 0 spiro atoms. The highest BCUT2D eigenvalue weighted by Gasteiger charge is 2.66. The lowest BCUT2D eigenvalue weighted by atomic mass is 10.1. The molecule has 0 radical (unpaired) electrons. The Morgan fingerprint density at radius 3 is 2.04 bits per heavy atom. The van der Waals surface area contributed by atoms with Gasteiger partial charge < -0.3 is 14.8 Å². The van der Waals surface area contributed by atoms with Crippen LogP contribution >= 0.6 is 12.6 Å². The molecule has 0 heterocycles. The van der Waals surface area contributed by atoms with Crippen molar-refractivity contribution in [3.63, 3.8) is 0 Å². The van der Waals surface area contributed by atoms with Gasteiger partial charge in [-0.05, 0) is 12.8 Å². The first kappa shape index (κ1) is 24.5. The van der Waals surface area contributed by atoms with Crippen LogP contribution < -0.4 is 5.32 Å². The number of ether oxygens (including phenoxy) is 2. The molecule has 0 saturated heterocycles. The van der Waals surface area contributed by atoms with Crippen molar-refractivity contribution >= 4 is 24.5 Å². The van der Waals surface area contributed by atoms with Gasteiger partial charge >= 0.3 is 35.0 Å². The molecule has 152 valence electrons. The first-order valence-electron chi connectivity index (χ1n) is 6.91. The second-order valence-corrected chi connectivity index (χ2v) is 5.43. The summed E-state index contributed by atoms with van der Waals surface area (Å²) in [5.41, 5.74) is 0. The normalized spacial score (nSPS) is 15.1. The summed E-state index contributed by atoms with van der Waals surface area (Å²) in [5, 5.41) is -3.00. The number of unbranched alkanes of at least 4 members (excludes halogenated alkanes) is 1. The van der Waals surface area contributed by atoms with Gasteiger partial charge in [-0.15, -0.1) is 0 Å². The largest absolute Gasteiger partial charge is 0.466 e. The molecular weight excluding hydrogens is 399 g/mol. The van der Waals surface area contributed by atoms with Crippen LogP contribution in [0.5, 0.6) is 0 Å². The molecule has 1 N–H and O–H groups in total. The lowest BCUT2D eigenvalue weighted by Gasteiger charge is -2.32. The molecule has 0 bridgehead atoms. The summed E-state index contributed by atoms with van der Waals surface area (Å²) in [4.78, 5) is 22.7. The van der Waals surface area contributed by atoms with Crippen molar-refractivity contribution in [1.29, 1.82) is 0 Å². The number of thiol groups is 1. The van der Waals surface area contributed by atoms with E-state index in [-0.39, 0.29) is 0 Å². The highest BCUT2D eigenvalue weighted by Crippen LogP contribution is 2.41. The Morgan fingerprint density at radius 2 is 1.65 bits per heavy atom. The maximum absolute atomic E-state index is 13.2. The smallest absolute Gasteiger partial charge is 0.412 e. The van der Waals surface area contributed by atoms with Gasteiger partial charge in [0.25, 0.3) is 0 Å². The first-order chi connectivity index (χ1) is 11.6. The van der Waals surface area contributed by atoms with E-state index in [4.69, 9.17) is 0 Å². The monoisotopic (exact) mass is 415 g/mol. The number of carbonyl (C=O) groups is 2. The fourth-order valence-electron chi connectivity index (χ4n) is 1.57. The Morgan fingerprint density at radius 1 is 1.12 bits per heavy atom. The molecule has 5 nitrogen and oxygen atoms in total. The number of alkyl halides is 7. The third-order valence-electron chi connectivity index (χ3n) is 2.94. The van der Waals surface area contributed by atoms with E-state index in [9.17, 15) is 40.3 Å². The number of carbonyl (C=O) groups excluding carboxylic acids is 2. The van der Waals surface area contributed by atoms with E-state index in [0.29, 0.717) is 6.08 Å². The molecule has 1 amide bonds. The summed E-state index contributed by atoms with van der Waals surface area (Å²) in [6, 6.07) is 0. The molecule has 0 fully saturated rings. The van der Waals surface area contributed by atoms with Gasteiger partial charge in [-0.25, -0.2) is 4.79 Å². The number of esters is 1. The molecule has 0 aliphatic rings. The van der Waals surface area contributed by atoms with E-state index in [1.54, 1.807) is 5.32 Å². The average molecular weight is 415 g/mol. The van der Waals surface area contributed by atoms with Crippen LogP contribution in [0.25, 0.3) is 0 Å². The molecule has 0 rings (SSSR count). The van der Waals surface area contributed by atoms with Crippen molar-refractivity contribution in [3.05, 3.63) is 12.7 Å². The van der Waals surface area contributed by atoms with Crippen molar-refractivity contribution in [2.45, 2.75) is 42.4 Å². The van der Waals surface area contributed by atoms with E-state index < -0.39 is 60.9 Å². The van der Waals surface area contributed by atoms with Gasteiger partial charge in [-0.1, -0.05) is 19.2 Å². The van der Waals surface area contributed by atoms with E-state index in [2.05, 4.69) is 28.7 Å². The number of likely N-dealkylation sites (N-methyl/N-ethyl adjacent to an activating group) is 1. The Balaban J connectivity index is 5.09. The van der Waals surface area contributed by atoms with E-state index >= 15 is 0 Å². The van der Waals surface area contributed by atoms with E-state index in [1.807, 2.05) is 0 Å². The van der Waals surface area contributed by atoms with Gasteiger partial charge in [-0.2, -0.15) is 30.7 Å². The third-order valence-corrected chi connectivity index (χ3v) is 3.27. The fourth-order valence-corrected chi connectivity index (χ4v) is 1.68. The molecule has 1 unspecified atom stereocenters. The second-order valence-electron chi connectivity index (χ2n) is 4.87. The van der Waals surface area contributed by atoms with Gasteiger partial charge in [0.15, 0.2) is 0 Å². The van der Waals surface area contributed by atoms with Crippen molar-refractivity contribution in [2.24, 2.45) is 0 Å². The highest BCUT2D eigenvalue weighted by molar-refractivity contribution is 7.81. The third kappa shape index (κ3) is 6.04. The zero-order chi connectivity index (χ0) is 20.8. The number of hydrogen-bond donors (Lipinski definition) is 2. The standard InChI is InChI=1S/C13H16F7NO4S/c1-3-8(22)25-11(9(23)21-2,12(16,17)18)24-7-5-4-6-10(14,15)13(19,20)26/h3,26H,1,4-7H2,2H3,(H,21,23). The molecule has 0 aromatic heterocycles.